The lowest BCUT2D eigenvalue weighted by Gasteiger charge is -2.27. The van der Waals surface area contributed by atoms with Crippen LogP contribution in [0.4, 0.5) is 10.5 Å². The number of nitrogens with one attached hydrogen (secondary N) is 2. The molecule has 164 valence electrons. The van der Waals surface area contributed by atoms with E-state index in [0.29, 0.717) is 17.0 Å². The molecule has 2 aliphatic rings. The second kappa shape index (κ2) is 8.62. The van der Waals surface area contributed by atoms with E-state index in [0.717, 1.165) is 4.90 Å². The predicted octanol–water partition coefficient (Wildman–Crippen LogP) is 2.30. The molecule has 1 saturated carbocycles. The molecule has 4 amide bonds. The van der Waals surface area contributed by atoms with Crippen molar-refractivity contribution in [2.75, 3.05) is 12.4 Å². The number of urea groups is 1. The van der Waals surface area contributed by atoms with Crippen LogP contribution in [0.1, 0.15) is 45.5 Å². The number of benzene rings is 2. The first-order valence-corrected chi connectivity index (χ1v) is 10.1. The van der Waals surface area contributed by atoms with Crippen molar-refractivity contribution in [1.29, 1.82) is 0 Å². The molecule has 9 heteroatoms. The second-order valence-electron chi connectivity index (χ2n) is 7.56. The Kier molecular flexibility index (Phi) is 5.72. The van der Waals surface area contributed by atoms with Crippen molar-refractivity contribution in [1.82, 2.24) is 10.2 Å². The molecular formula is C23H21N3O6. The third kappa shape index (κ3) is 3.84. The molecule has 2 N–H and O–H groups in total. The molecule has 0 aromatic heterocycles. The van der Waals surface area contributed by atoms with Crippen LogP contribution in [-0.2, 0) is 16.1 Å². The highest BCUT2D eigenvalue weighted by Gasteiger charge is 2.45. The van der Waals surface area contributed by atoms with Crippen molar-refractivity contribution in [3.63, 3.8) is 0 Å². The number of hydrogen-bond acceptors (Lipinski definition) is 6. The van der Waals surface area contributed by atoms with Crippen LogP contribution in [0.25, 0.3) is 0 Å². The summed E-state index contributed by atoms with van der Waals surface area (Å²) in [4.78, 5) is 63.2. The van der Waals surface area contributed by atoms with Crippen molar-refractivity contribution in [3.05, 3.63) is 59.2 Å². The molecule has 1 unspecified atom stereocenters. The van der Waals surface area contributed by atoms with Crippen LogP contribution in [0.15, 0.2) is 42.5 Å². The molecule has 1 aliphatic heterocycles. The fourth-order valence-electron chi connectivity index (χ4n) is 4.03. The summed E-state index contributed by atoms with van der Waals surface area (Å²) in [5.41, 5.74) is 1.29. The van der Waals surface area contributed by atoms with Crippen LogP contribution >= 0.6 is 0 Å². The summed E-state index contributed by atoms with van der Waals surface area (Å²) < 4.78 is 5.20. The van der Waals surface area contributed by atoms with E-state index < -0.39 is 29.7 Å². The zero-order valence-electron chi connectivity index (χ0n) is 17.3. The molecule has 9 nitrogen and oxygen atoms in total. The minimum atomic E-state index is -0.935. The minimum absolute atomic E-state index is 0.00584. The van der Waals surface area contributed by atoms with Crippen molar-refractivity contribution < 1.29 is 28.7 Å². The Morgan fingerprint density at radius 2 is 1.84 bits per heavy atom. The van der Waals surface area contributed by atoms with Gasteiger partial charge in [0.15, 0.2) is 5.78 Å². The van der Waals surface area contributed by atoms with Gasteiger partial charge in [0.1, 0.15) is 11.5 Å². The highest BCUT2D eigenvalue weighted by atomic mass is 16.5. The first kappa shape index (κ1) is 21.2. The van der Waals surface area contributed by atoms with E-state index in [-0.39, 0.29) is 42.7 Å². The van der Waals surface area contributed by atoms with Crippen LogP contribution in [0.5, 0.6) is 5.75 Å². The Bertz CT molecular complexity index is 1140. The summed E-state index contributed by atoms with van der Waals surface area (Å²) in [6, 6.07) is 10.3. The fourth-order valence-corrected chi connectivity index (χ4v) is 4.03. The van der Waals surface area contributed by atoms with E-state index in [4.69, 9.17) is 4.74 Å². The minimum Gasteiger partial charge on any atom is -0.495 e. The number of imide groups is 1. The van der Waals surface area contributed by atoms with Crippen molar-refractivity contribution in [2.45, 2.75) is 31.8 Å². The van der Waals surface area contributed by atoms with Crippen LogP contribution in [0.2, 0.25) is 0 Å². The van der Waals surface area contributed by atoms with Gasteiger partial charge >= 0.3 is 6.03 Å². The summed E-state index contributed by atoms with van der Waals surface area (Å²) in [6.07, 6.45) is 0.0228. The molecule has 0 radical (unpaired) electrons. The SMILES string of the molecule is COc1ccccc1NC(=O)NCc1cccc2c1C(=O)N(C1CCC(=O)CC1=O)C2=O. The lowest BCUT2D eigenvalue weighted by molar-refractivity contribution is -0.132. The van der Waals surface area contributed by atoms with Crippen LogP contribution in [0, 0.1) is 0 Å². The summed E-state index contributed by atoms with van der Waals surface area (Å²) in [5, 5.41) is 5.35. The average Bonchev–Trinajstić information content (AvgIpc) is 3.03. The first-order chi connectivity index (χ1) is 15.4. The molecular weight excluding hydrogens is 414 g/mol. The Morgan fingerprint density at radius 3 is 2.59 bits per heavy atom. The quantitative estimate of drug-likeness (QED) is 0.549. The number of anilines is 1. The number of rotatable bonds is 5. The summed E-state index contributed by atoms with van der Waals surface area (Å²) in [6.45, 7) is -0.00584. The summed E-state index contributed by atoms with van der Waals surface area (Å²) in [7, 11) is 1.49. The third-order valence-corrected chi connectivity index (χ3v) is 5.58. The number of para-hydroxylation sites is 2. The van der Waals surface area contributed by atoms with Crippen LogP contribution < -0.4 is 15.4 Å². The van der Waals surface area contributed by atoms with E-state index in [2.05, 4.69) is 10.6 Å². The lowest BCUT2D eigenvalue weighted by Crippen LogP contribution is -2.47. The number of nitrogens with zero attached hydrogens (tertiary/aromatic N) is 1. The molecule has 0 saturated heterocycles. The number of Topliss-reactive ketones (excluding diaryl/α,β-unsaturated/α-hetero) is 2. The molecule has 32 heavy (non-hydrogen) atoms. The van der Waals surface area contributed by atoms with E-state index in [1.807, 2.05) is 0 Å². The van der Waals surface area contributed by atoms with E-state index in [1.54, 1.807) is 36.4 Å². The van der Waals surface area contributed by atoms with Gasteiger partial charge in [-0.3, -0.25) is 24.1 Å². The number of hydrogen-bond donors (Lipinski definition) is 2. The van der Waals surface area contributed by atoms with E-state index in [9.17, 15) is 24.0 Å². The number of ether oxygens (including phenoxy) is 1. The topological polar surface area (TPSA) is 122 Å². The zero-order valence-corrected chi connectivity index (χ0v) is 17.3. The standard InChI is InChI=1S/C23H21N3O6/c1-32-19-8-3-2-7-16(19)25-23(31)24-12-13-5-4-6-15-20(13)22(30)26(21(15)29)17-10-9-14(27)11-18(17)28/h2-8,17H,9-12H2,1H3,(H2,24,25,31). The van der Waals surface area contributed by atoms with Crippen LogP contribution in [0.3, 0.4) is 0 Å². The average molecular weight is 435 g/mol. The summed E-state index contributed by atoms with van der Waals surface area (Å²) >= 11 is 0. The van der Waals surface area contributed by atoms with Gasteiger partial charge in [-0.25, -0.2) is 4.79 Å². The van der Waals surface area contributed by atoms with Gasteiger partial charge in [-0.2, -0.15) is 0 Å². The Morgan fingerprint density at radius 1 is 1.06 bits per heavy atom. The molecule has 0 spiro atoms. The van der Waals surface area contributed by atoms with Gasteiger partial charge in [0.25, 0.3) is 11.8 Å². The molecule has 2 aromatic rings. The van der Waals surface area contributed by atoms with Gasteiger partial charge in [-0.05, 0) is 30.2 Å². The van der Waals surface area contributed by atoms with Gasteiger partial charge in [0, 0.05) is 13.0 Å². The summed E-state index contributed by atoms with van der Waals surface area (Å²) in [5.74, 6) is -1.26. The number of amides is 4. The van der Waals surface area contributed by atoms with Crippen molar-refractivity contribution >= 4 is 35.1 Å². The molecule has 1 atom stereocenters. The molecule has 1 heterocycles. The van der Waals surface area contributed by atoms with Gasteiger partial charge < -0.3 is 15.4 Å². The Labute approximate surface area is 183 Å². The van der Waals surface area contributed by atoms with Gasteiger partial charge in [0.05, 0.1) is 36.4 Å². The predicted molar refractivity (Wildman–Crippen MR) is 113 cm³/mol. The van der Waals surface area contributed by atoms with E-state index >= 15 is 0 Å². The Balaban J connectivity index is 1.50. The van der Waals surface area contributed by atoms with Crippen LogP contribution in [-0.4, -0.2) is 47.5 Å². The molecule has 4 rings (SSSR count). The zero-order chi connectivity index (χ0) is 22.8. The smallest absolute Gasteiger partial charge is 0.319 e. The van der Waals surface area contributed by atoms with Crippen molar-refractivity contribution in [3.8, 4) is 5.75 Å². The molecule has 1 fully saturated rings. The maximum absolute atomic E-state index is 13.1. The maximum Gasteiger partial charge on any atom is 0.319 e. The van der Waals surface area contributed by atoms with E-state index in [1.165, 1.54) is 13.2 Å². The maximum atomic E-state index is 13.1. The first-order valence-electron chi connectivity index (χ1n) is 10.1. The number of ketones is 2. The highest BCUT2D eigenvalue weighted by Crippen LogP contribution is 2.31. The second-order valence-corrected chi connectivity index (χ2v) is 7.56. The number of carbonyl (C=O) groups excluding carboxylic acids is 5. The third-order valence-electron chi connectivity index (χ3n) is 5.58. The van der Waals surface area contributed by atoms with Gasteiger partial charge in [0.2, 0.25) is 0 Å². The lowest BCUT2D eigenvalue weighted by atomic mass is 9.92. The molecule has 2 aromatic carbocycles. The number of fused-ring (bicyclic) bond motifs is 1. The Hall–Kier alpha value is -4.01. The monoisotopic (exact) mass is 435 g/mol. The number of carbonyl (C=O) groups is 5. The normalized spacial score (nSPS) is 17.9. The molecule has 1 aliphatic carbocycles. The fraction of sp³-hybridized carbons (Fsp3) is 0.261. The molecule has 0 bridgehead atoms. The number of methoxy groups -OCH3 is 1. The van der Waals surface area contributed by atoms with Gasteiger partial charge in [-0.1, -0.05) is 24.3 Å². The van der Waals surface area contributed by atoms with Gasteiger partial charge in [-0.15, -0.1) is 0 Å². The van der Waals surface area contributed by atoms with Crippen molar-refractivity contribution in [2.24, 2.45) is 0 Å². The largest absolute Gasteiger partial charge is 0.495 e. The highest BCUT2D eigenvalue weighted by molar-refractivity contribution is 6.24.